The second kappa shape index (κ2) is 7.50. The highest BCUT2D eigenvalue weighted by atomic mass is 16.6. The fourth-order valence-electron chi connectivity index (χ4n) is 1.77. The van der Waals surface area contributed by atoms with Crippen LogP contribution in [0.1, 0.15) is 12.8 Å². The standard InChI is InChI=1S/C11H19NO8/c1-19-7(15)3-2-6(14)12-11-10(18)9(17)8(16)5(4-13)20-11/h5,8-11,13,16-18H,2-4H2,1H3,(H,12,14)/t5-,8-,9+,10-,11-/m1/s1. The summed E-state index contributed by atoms with van der Waals surface area (Å²) in [6, 6.07) is 0. The minimum atomic E-state index is -1.56. The molecule has 0 aromatic rings. The van der Waals surface area contributed by atoms with Gasteiger partial charge >= 0.3 is 5.97 Å². The molecule has 1 amide bonds. The Morgan fingerprint density at radius 2 is 1.80 bits per heavy atom. The van der Waals surface area contributed by atoms with E-state index in [1.165, 1.54) is 7.11 Å². The zero-order valence-corrected chi connectivity index (χ0v) is 10.9. The van der Waals surface area contributed by atoms with Crippen LogP contribution in [0.2, 0.25) is 0 Å². The van der Waals surface area contributed by atoms with Crippen molar-refractivity contribution in [2.24, 2.45) is 0 Å². The van der Waals surface area contributed by atoms with E-state index in [0.717, 1.165) is 0 Å². The third-order valence-electron chi connectivity index (χ3n) is 2.98. The van der Waals surface area contributed by atoms with E-state index in [1.54, 1.807) is 0 Å². The summed E-state index contributed by atoms with van der Waals surface area (Å²) < 4.78 is 9.45. The van der Waals surface area contributed by atoms with E-state index in [9.17, 15) is 24.9 Å². The number of carbonyl (C=O) groups excluding carboxylic acids is 2. The van der Waals surface area contributed by atoms with E-state index in [-0.39, 0.29) is 12.8 Å². The van der Waals surface area contributed by atoms with Gasteiger partial charge in [0.25, 0.3) is 0 Å². The highest BCUT2D eigenvalue weighted by Gasteiger charge is 2.43. The summed E-state index contributed by atoms with van der Waals surface area (Å²) >= 11 is 0. The quantitative estimate of drug-likeness (QED) is 0.334. The van der Waals surface area contributed by atoms with Crippen LogP contribution in [0.5, 0.6) is 0 Å². The van der Waals surface area contributed by atoms with Crippen LogP contribution in [0.4, 0.5) is 0 Å². The number of aliphatic hydroxyl groups excluding tert-OH is 4. The number of esters is 1. The average molecular weight is 293 g/mol. The number of hydrogen-bond donors (Lipinski definition) is 5. The second-order valence-corrected chi connectivity index (χ2v) is 4.39. The maximum absolute atomic E-state index is 11.5. The molecule has 116 valence electrons. The minimum Gasteiger partial charge on any atom is -0.469 e. The van der Waals surface area contributed by atoms with Crippen LogP contribution >= 0.6 is 0 Å². The molecule has 1 fully saturated rings. The molecule has 1 aliphatic heterocycles. The maximum Gasteiger partial charge on any atom is 0.306 e. The summed E-state index contributed by atoms with van der Waals surface area (Å²) in [5.41, 5.74) is 0. The van der Waals surface area contributed by atoms with Crippen molar-refractivity contribution >= 4 is 11.9 Å². The molecular weight excluding hydrogens is 274 g/mol. The third kappa shape index (κ3) is 4.12. The van der Waals surface area contributed by atoms with Crippen molar-refractivity contribution in [2.75, 3.05) is 13.7 Å². The first-order valence-electron chi connectivity index (χ1n) is 6.07. The van der Waals surface area contributed by atoms with E-state index in [2.05, 4.69) is 10.1 Å². The van der Waals surface area contributed by atoms with E-state index in [1.807, 2.05) is 0 Å². The Morgan fingerprint density at radius 1 is 1.15 bits per heavy atom. The number of aliphatic hydroxyl groups is 4. The van der Waals surface area contributed by atoms with Gasteiger partial charge < -0.3 is 35.2 Å². The van der Waals surface area contributed by atoms with Gasteiger partial charge in [0.15, 0.2) is 6.23 Å². The first kappa shape index (κ1) is 16.8. The van der Waals surface area contributed by atoms with Crippen molar-refractivity contribution in [1.82, 2.24) is 5.32 Å². The molecule has 0 unspecified atom stereocenters. The summed E-state index contributed by atoms with van der Waals surface area (Å²) in [6.45, 7) is -0.584. The molecule has 9 nitrogen and oxygen atoms in total. The van der Waals surface area contributed by atoms with Crippen LogP contribution in [-0.4, -0.2) is 76.7 Å². The Morgan fingerprint density at radius 3 is 2.35 bits per heavy atom. The number of rotatable bonds is 5. The number of amides is 1. The highest BCUT2D eigenvalue weighted by Crippen LogP contribution is 2.19. The number of methoxy groups -OCH3 is 1. The lowest BCUT2D eigenvalue weighted by Gasteiger charge is -2.40. The molecule has 0 aromatic heterocycles. The van der Waals surface area contributed by atoms with Crippen LogP contribution in [-0.2, 0) is 19.1 Å². The van der Waals surface area contributed by atoms with Crippen molar-refractivity contribution in [3.8, 4) is 0 Å². The van der Waals surface area contributed by atoms with Crippen LogP contribution in [0.15, 0.2) is 0 Å². The summed E-state index contributed by atoms with van der Waals surface area (Å²) in [7, 11) is 1.19. The van der Waals surface area contributed by atoms with Crippen molar-refractivity contribution in [2.45, 2.75) is 43.5 Å². The van der Waals surface area contributed by atoms with E-state index < -0.39 is 49.1 Å². The lowest BCUT2D eigenvalue weighted by Crippen LogP contribution is -2.63. The van der Waals surface area contributed by atoms with E-state index >= 15 is 0 Å². The van der Waals surface area contributed by atoms with Gasteiger partial charge in [-0.05, 0) is 0 Å². The van der Waals surface area contributed by atoms with Crippen LogP contribution in [0, 0.1) is 0 Å². The van der Waals surface area contributed by atoms with Crippen LogP contribution in [0.3, 0.4) is 0 Å². The predicted molar refractivity (Wildman–Crippen MR) is 63.2 cm³/mol. The molecule has 0 aromatic carbocycles. The van der Waals surface area contributed by atoms with Crippen molar-refractivity contribution in [1.29, 1.82) is 0 Å². The molecule has 9 heteroatoms. The normalized spacial score (nSPS) is 33.5. The Labute approximate surface area is 115 Å². The molecule has 1 aliphatic rings. The number of hydrogen-bond acceptors (Lipinski definition) is 8. The Bertz CT molecular complexity index is 347. The smallest absolute Gasteiger partial charge is 0.306 e. The number of nitrogens with one attached hydrogen (secondary N) is 1. The molecule has 1 saturated heterocycles. The molecule has 0 saturated carbocycles. The van der Waals surface area contributed by atoms with Gasteiger partial charge in [-0.2, -0.15) is 0 Å². The summed E-state index contributed by atoms with van der Waals surface area (Å²) in [4.78, 5) is 22.4. The van der Waals surface area contributed by atoms with Crippen molar-refractivity contribution < 1.29 is 39.5 Å². The largest absolute Gasteiger partial charge is 0.469 e. The van der Waals surface area contributed by atoms with Gasteiger partial charge in [-0.25, -0.2) is 0 Å². The summed E-state index contributed by atoms with van der Waals surface area (Å²) in [6.07, 6.45) is -7.29. The predicted octanol–water partition coefficient (Wildman–Crippen LogP) is -3.14. The monoisotopic (exact) mass is 293 g/mol. The topological polar surface area (TPSA) is 146 Å². The molecule has 1 heterocycles. The first-order valence-corrected chi connectivity index (χ1v) is 6.07. The molecule has 0 aliphatic carbocycles. The third-order valence-corrected chi connectivity index (χ3v) is 2.98. The molecule has 1 rings (SSSR count). The zero-order valence-electron chi connectivity index (χ0n) is 10.9. The SMILES string of the molecule is COC(=O)CCC(=O)N[C@@H]1O[C@H](CO)[C@@H](O)[C@H](O)[C@H]1O. The lowest BCUT2D eigenvalue weighted by atomic mass is 9.98. The molecular formula is C11H19NO8. The maximum atomic E-state index is 11.5. The Kier molecular flexibility index (Phi) is 6.30. The zero-order chi connectivity index (χ0) is 15.3. The van der Waals surface area contributed by atoms with Gasteiger partial charge in [0, 0.05) is 6.42 Å². The average Bonchev–Trinajstić information content (AvgIpc) is 2.45. The fraction of sp³-hybridized carbons (Fsp3) is 0.818. The summed E-state index contributed by atoms with van der Waals surface area (Å²) in [5.74, 6) is -1.16. The van der Waals surface area contributed by atoms with Gasteiger partial charge in [-0.15, -0.1) is 0 Å². The highest BCUT2D eigenvalue weighted by molar-refractivity contribution is 5.81. The molecule has 5 atom stereocenters. The Hall–Kier alpha value is -1.26. The van der Waals surface area contributed by atoms with E-state index in [4.69, 9.17) is 9.84 Å². The molecule has 0 radical (unpaired) electrons. The Balaban J connectivity index is 2.53. The van der Waals surface area contributed by atoms with Gasteiger partial charge in [0.1, 0.15) is 24.4 Å². The lowest BCUT2D eigenvalue weighted by molar-refractivity contribution is -0.236. The van der Waals surface area contributed by atoms with Gasteiger partial charge in [-0.3, -0.25) is 9.59 Å². The van der Waals surface area contributed by atoms with Crippen molar-refractivity contribution in [3.63, 3.8) is 0 Å². The van der Waals surface area contributed by atoms with E-state index in [0.29, 0.717) is 0 Å². The molecule has 0 bridgehead atoms. The van der Waals surface area contributed by atoms with Crippen molar-refractivity contribution in [3.05, 3.63) is 0 Å². The van der Waals surface area contributed by atoms with Crippen LogP contribution < -0.4 is 5.32 Å². The van der Waals surface area contributed by atoms with Gasteiger partial charge in [0.2, 0.25) is 5.91 Å². The fourth-order valence-corrected chi connectivity index (χ4v) is 1.77. The first-order chi connectivity index (χ1) is 9.40. The van der Waals surface area contributed by atoms with Gasteiger partial charge in [-0.1, -0.05) is 0 Å². The molecule has 0 spiro atoms. The second-order valence-electron chi connectivity index (χ2n) is 4.39. The minimum absolute atomic E-state index is 0.139. The number of carbonyl (C=O) groups is 2. The summed E-state index contributed by atoms with van der Waals surface area (Å²) in [5, 5.41) is 40.0. The van der Waals surface area contributed by atoms with Gasteiger partial charge in [0.05, 0.1) is 20.1 Å². The number of ether oxygens (including phenoxy) is 2. The van der Waals surface area contributed by atoms with Crippen LogP contribution in [0.25, 0.3) is 0 Å². The molecule has 5 N–H and O–H groups in total. The molecule has 20 heavy (non-hydrogen) atoms.